The second-order valence-corrected chi connectivity index (χ2v) is 4.52. The minimum atomic E-state index is -9.84. The molecule has 0 N–H and O–H groups in total. The normalized spacial score (nSPS) is 18.1. The Morgan fingerprint density at radius 2 is 1.50 bits per heavy atom. The third kappa shape index (κ3) is 3.92. The maximum atomic E-state index is 12.0. The van der Waals surface area contributed by atoms with Crippen molar-refractivity contribution in [3.8, 4) is 12.1 Å². The first-order chi connectivity index (χ1) is 6.01. The minimum absolute atomic E-state index is 0.134. The average molecular weight is 230 g/mol. The first-order valence-electron chi connectivity index (χ1n) is 2.91. The molecule has 78 valence electrons. The molecule has 0 saturated carbocycles. The Labute approximate surface area is 76.3 Å². The number of rotatable bonds is 2. The molecule has 0 aliphatic heterocycles. The SMILES string of the molecule is N#C/C=C\C(=C/C#N)S(F)(F)(F)(F)F. The highest BCUT2D eigenvalue weighted by Crippen LogP contribution is 3.02. The van der Waals surface area contributed by atoms with E-state index in [1.807, 2.05) is 0 Å². The quantitative estimate of drug-likeness (QED) is 0.411. The summed E-state index contributed by atoms with van der Waals surface area (Å²) in [7, 11) is -9.84. The predicted molar refractivity (Wildman–Crippen MR) is 41.6 cm³/mol. The standard InChI is InChI=1S/C6H3F5N2S/c7-14(8,9,10,11)6(3-5-13)2-1-4-12/h1-3H/b2-1-,6-3+. The zero-order valence-electron chi connectivity index (χ0n) is 6.42. The van der Waals surface area contributed by atoms with Gasteiger partial charge in [0.2, 0.25) is 0 Å². The lowest BCUT2D eigenvalue weighted by molar-refractivity contribution is 0.380. The van der Waals surface area contributed by atoms with E-state index in [2.05, 4.69) is 0 Å². The predicted octanol–water partition coefficient (Wildman–Crippen LogP) is 3.77. The first-order valence-corrected chi connectivity index (χ1v) is 4.86. The van der Waals surface area contributed by atoms with E-state index in [4.69, 9.17) is 10.5 Å². The molecule has 0 aliphatic carbocycles. The van der Waals surface area contributed by atoms with E-state index >= 15 is 0 Å². The molecular formula is C6H3F5N2S. The molecule has 14 heavy (non-hydrogen) atoms. The summed E-state index contributed by atoms with van der Waals surface area (Å²) in [6.45, 7) is 0. The van der Waals surface area contributed by atoms with Gasteiger partial charge in [-0.05, 0) is 6.08 Å². The highest BCUT2D eigenvalue weighted by Gasteiger charge is 2.66. The molecule has 0 aliphatic rings. The van der Waals surface area contributed by atoms with Crippen LogP contribution in [0.5, 0.6) is 0 Å². The van der Waals surface area contributed by atoms with Crippen molar-refractivity contribution in [1.29, 1.82) is 10.5 Å². The molecule has 0 aromatic heterocycles. The zero-order valence-corrected chi connectivity index (χ0v) is 7.24. The first kappa shape index (κ1) is 12.5. The van der Waals surface area contributed by atoms with E-state index in [0.717, 1.165) is 12.1 Å². The lowest BCUT2D eigenvalue weighted by Crippen LogP contribution is -2.07. The largest absolute Gasteiger partial charge is 0.311 e. The van der Waals surface area contributed by atoms with Crippen molar-refractivity contribution < 1.29 is 19.4 Å². The Balaban J connectivity index is 5.57. The molecule has 2 nitrogen and oxygen atoms in total. The van der Waals surface area contributed by atoms with Crippen LogP contribution in [0.25, 0.3) is 0 Å². The van der Waals surface area contributed by atoms with Crippen molar-refractivity contribution >= 4 is 10.2 Å². The van der Waals surface area contributed by atoms with Crippen LogP contribution in [0, 0.1) is 22.7 Å². The third-order valence-corrected chi connectivity index (χ3v) is 2.12. The summed E-state index contributed by atoms with van der Waals surface area (Å²) in [5.74, 6) is 0. The van der Waals surface area contributed by atoms with Crippen LogP contribution < -0.4 is 0 Å². The number of allylic oxidation sites excluding steroid dienone is 3. The fourth-order valence-electron chi connectivity index (χ4n) is 0.471. The molecule has 0 atom stereocenters. The van der Waals surface area contributed by atoms with Crippen LogP contribution in [-0.4, -0.2) is 0 Å². The Hall–Kier alpha value is -1.54. The van der Waals surface area contributed by atoms with Gasteiger partial charge in [-0.25, -0.2) is 0 Å². The van der Waals surface area contributed by atoms with Gasteiger partial charge in [-0.3, -0.25) is 0 Å². The number of nitriles is 2. The maximum Gasteiger partial charge on any atom is 0.311 e. The van der Waals surface area contributed by atoms with E-state index in [-0.39, 0.29) is 18.2 Å². The Morgan fingerprint density at radius 1 is 1.00 bits per heavy atom. The van der Waals surface area contributed by atoms with Crippen molar-refractivity contribution in [2.24, 2.45) is 0 Å². The van der Waals surface area contributed by atoms with Crippen molar-refractivity contribution in [3.63, 3.8) is 0 Å². The van der Waals surface area contributed by atoms with Crippen LogP contribution in [0.15, 0.2) is 23.1 Å². The zero-order chi connectivity index (χ0) is 11.5. The van der Waals surface area contributed by atoms with Crippen LogP contribution in [0.3, 0.4) is 0 Å². The van der Waals surface area contributed by atoms with Crippen molar-refractivity contribution in [2.45, 2.75) is 0 Å². The lowest BCUT2D eigenvalue weighted by Gasteiger charge is -2.40. The van der Waals surface area contributed by atoms with E-state index < -0.39 is 15.1 Å². The Morgan fingerprint density at radius 3 is 1.79 bits per heavy atom. The molecule has 0 unspecified atom stereocenters. The molecule has 0 radical (unpaired) electrons. The summed E-state index contributed by atoms with van der Waals surface area (Å²) in [5, 5.41) is 15.7. The van der Waals surface area contributed by atoms with Crippen molar-refractivity contribution in [2.75, 3.05) is 0 Å². The third-order valence-electron chi connectivity index (χ3n) is 0.974. The van der Waals surface area contributed by atoms with E-state index in [1.54, 1.807) is 0 Å². The highest BCUT2D eigenvalue weighted by atomic mass is 32.5. The van der Waals surface area contributed by atoms with Gasteiger partial charge in [0.1, 0.15) is 4.91 Å². The number of hydrogen-bond acceptors (Lipinski definition) is 2. The monoisotopic (exact) mass is 230 g/mol. The number of nitrogens with zero attached hydrogens (tertiary/aromatic N) is 2. The van der Waals surface area contributed by atoms with Crippen molar-refractivity contribution in [3.05, 3.63) is 23.1 Å². The van der Waals surface area contributed by atoms with Gasteiger partial charge in [-0.15, -0.1) is 0 Å². The number of halogens is 5. The van der Waals surface area contributed by atoms with Crippen LogP contribution in [-0.2, 0) is 0 Å². The van der Waals surface area contributed by atoms with Gasteiger partial charge in [-0.2, -0.15) is 10.5 Å². The minimum Gasteiger partial charge on any atom is -0.193 e. The fraction of sp³-hybridized carbons (Fsp3) is 0. The molecule has 0 saturated heterocycles. The molecule has 0 aromatic carbocycles. The van der Waals surface area contributed by atoms with Gasteiger partial charge in [0.05, 0.1) is 12.1 Å². The smallest absolute Gasteiger partial charge is 0.193 e. The Kier molecular flexibility index (Phi) is 2.42. The second kappa shape index (κ2) is 2.72. The van der Waals surface area contributed by atoms with Crippen molar-refractivity contribution in [1.82, 2.24) is 0 Å². The fourth-order valence-corrected chi connectivity index (χ4v) is 1.07. The average Bonchev–Trinajstić information content (AvgIpc) is 1.92. The van der Waals surface area contributed by atoms with E-state index in [0.29, 0.717) is 0 Å². The summed E-state index contributed by atoms with van der Waals surface area (Å²) in [6.07, 6.45) is -0.249. The van der Waals surface area contributed by atoms with Gasteiger partial charge >= 0.3 is 10.2 Å². The highest BCUT2D eigenvalue weighted by molar-refractivity contribution is 8.48. The summed E-state index contributed by atoms with van der Waals surface area (Å²) >= 11 is 0. The molecule has 0 bridgehead atoms. The molecule has 0 fully saturated rings. The van der Waals surface area contributed by atoms with Gasteiger partial charge in [0.15, 0.2) is 0 Å². The van der Waals surface area contributed by atoms with Crippen LogP contribution in [0.4, 0.5) is 19.4 Å². The molecule has 0 aromatic rings. The molecule has 0 rings (SSSR count). The van der Waals surface area contributed by atoms with Crippen LogP contribution in [0.1, 0.15) is 0 Å². The second-order valence-electron chi connectivity index (χ2n) is 2.11. The Bertz CT molecular complexity index is 376. The molecular weight excluding hydrogens is 227 g/mol. The lowest BCUT2D eigenvalue weighted by atomic mass is 10.4. The maximum absolute atomic E-state index is 12.0. The topological polar surface area (TPSA) is 47.6 Å². The summed E-state index contributed by atoms with van der Waals surface area (Å²) < 4.78 is 60.1. The number of hydrogen-bond donors (Lipinski definition) is 0. The van der Waals surface area contributed by atoms with Gasteiger partial charge in [-0.1, -0.05) is 19.4 Å². The summed E-state index contributed by atoms with van der Waals surface area (Å²) in [5.41, 5.74) is 0. The van der Waals surface area contributed by atoms with Crippen LogP contribution >= 0.6 is 10.2 Å². The molecule has 0 amide bonds. The molecule has 0 heterocycles. The summed E-state index contributed by atoms with van der Waals surface area (Å²) in [6, 6.07) is 1.96. The van der Waals surface area contributed by atoms with Gasteiger partial charge in [0, 0.05) is 12.2 Å². The molecule has 8 heteroatoms. The van der Waals surface area contributed by atoms with Gasteiger partial charge in [0.25, 0.3) is 0 Å². The van der Waals surface area contributed by atoms with Gasteiger partial charge < -0.3 is 0 Å². The molecule has 0 spiro atoms. The van der Waals surface area contributed by atoms with E-state index in [9.17, 15) is 19.4 Å². The van der Waals surface area contributed by atoms with Crippen LogP contribution in [0.2, 0.25) is 0 Å². The summed E-state index contributed by atoms with van der Waals surface area (Å²) in [4.78, 5) is -2.38. The van der Waals surface area contributed by atoms with E-state index in [1.165, 1.54) is 0 Å².